The first-order valence-electron chi connectivity index (χ1n) is 9.08. The number of fused-ring (bicyclic) bond motifs is 1. The van der Waals surface area contributed by atoms with Gasteiger partial charge < -0.3 is 19.4 Å². The number of halogens is 1. The minimum Gasteiger partial charge on any atom is -0.560 e. The van der Waals surface area contributed by atoms with Gasteiger partial charge in [-0.1, -0.05) is 13.0 Å². The van der Waals surface area contributed by atoms with Crippen LogP contribution in [0.25, 0.3) is 0 Å². The Kier molecular flexibility index (Phi) is 7.04. The first-order chi connectivity index (χ1) is 13.1. The van der Waals surface area contributed by atoms with Crippen LogP contribution in [0, 0.1) is 11.2 Å². The molecule has 1 aromatic carbocycles. The average molecular weight is 392 g/mol. The Morgan fingerprint density at radius 2 is 2.00 bits per heavy atom. The maximum atomic E-state index is 14.2. The first kappa shape index (κ1) is 21.7. The van der Waals surface area contributed by atoms with E-state index >= 15 is 0 Å². The van der Waals surface area contributed by atoms with Crippen molar-refractivity contribution in [1.29, 1.82) is 0 Å². The zero-order valence-corrected chi connectivity index (χ0v) is 16.5. The minimum absolute atomic E-state index is 0.0353. The third-order valence-corrected chi connectivity index (χ3v) is 4.00. The van der Waals surface area contributed by atoms with Gasteiger partial charge in [-0.25, -0.2) is 9.18 Å². The van der Waals surface area contributed by atoms with Crippen molar-refractivity contribution in [3.05, 3.63) is 29.1 Å². The fourth-order valence-corrected chi connectivity index (χ4v) is 2.54. The van der Waals surface area contributed by atoms with Crippen LogP contribution in [0.15, 0.2) is 12.1 Å². The zero-order chi connectivity index (χ0) is 20.9. The van der Waals surface area contributed by atoms with Gasteiger partial charge in [0, 0.05) is 12.4 Å². The molecule has 151 valence electrons. The van der Waals surface area contributed by atoms with Crippen LogP contribution in [0.4, 0.5) is 4.39 Å². The van der Waals surface area contributed by atoms with Gasteiger partial charge in [0.2, 0.25) is 12.7 Å². The summed E-state index contributed by atoms with van der Waals surface area (Å²) in [5, 5.41) is 2.80. The van der Waals surface area contributed by atoms with Gasteiger partial charge in [-0.3, -0.25) is 9.59 Å². The van der Waals surface area contributed by atoms with Crippen molar-refractivity contribution in [3.63, 3.8) is 0 Å². The molecule has 0 aliphatic carbocycles. The largest absolute Gasteiger partial charge is 0.560 e. The third-order valence-electron chi connectivity index (χ3n) is 4.00. The van der Waals surface area contributed by atoms with E-state index in [1.54, 1.807) is 20.8 Å². The van der Waals surface area contributed by atoms with Crippen molar-refractivity contribution < 1.29 is 32.9 Å². The molecule has 0 spiro atoms. The van der Waals surface area contributed by atoms with Crippen molar-refractivity contribution in [3.8, 4) is 5.75 Å². The minimum atomic E-state index is -1.00. The van der Waals surface area contributed by atoms with E-state index < -0.39 is 30.0 Å². The highest BCUT2D eigenvalue weighted by molar-refractivity contribution is 6.32. The molecule has 1 atom stereocenters. The molecule has 28 heavy (non-hydrogen) atoms. The summed E-state index contributed by atoms with van der Waals surface area (Å²) in [5.41, 5.74) is -0.568. The monoisotopic (exact) mass is 392 g/mol. The predicted molar refractivity (Wildman–Crippen MR) is 99.2 cm³/mol. The summed E-state index contributed by atoms with van der Waals surface area (Å²) in [4.78, 5) is 35.7. The van der Waals surface area contributed by atoms with E-state index in [1.165, 1.54) is 13.5 Å². The number of ether oxygens (including phenoxy) is 2. The van der Waals surface area contributed by atoms with Crippen LogP contribution in [-0.4, -0.2) is 38.1 Å². The number of nitrogens with one attached hydrogen (secondary N) is 1. The lowest BCUT2D eigenvalue weighted by molar-refractivity contribution is -0.161. The molecular weight excluding hydrogens is 368 g/mol. The summed E-state index contributed by atoms with van der Waals surface area (Å²) < 4.78 is 29.4. The smallest absolute Gasteiger partial charge is 0.394 e. The Morgan fingerprint density at radius 3 is 2.64 bits per heavy atom. The SMILES string of the molecule is CCCC(=O)NC1[B]Oc2c(ccc(F)c2C(=O)OCOC(=O)C(C)(C)C)C1. The fourth-order valence-electron chi connectivity index (χ4n) is 2.54. The molecule has 9 heteroatoms. The van der Waals surface area contributed by atoms with Gasteiger partial charge in [-0.2, -0.15) is 0 Å². The summed E-state index contributed by atoms with van der Waals surface area (Å²) in [6.07, 6.45) is 1.47. The van der Waals surface area contributed by atoms with Crippen LogP contribution >= 0.6 is 0 Å². The molecule has 1 N–H and O–H groups in total. The molecule has 0 fully saturated rings. The van der Waals surface area contributed by atoms with Gasteiger partial charge in [-0.05, 0) is 45.2 Å². The van der Waals surface area contributed by atoms with Gasteiger partial charge >= 0.3 is 19.4 Å². The summed E-state index contributed by atoms with van der Waals surface area (Å²) >= 11 is 0. The van der Waals surface area contributed by atoms with E-state index in [1.807, 2.05) is 6.92 Å². The zero-order valence-electron chi connectivity index (χ0n) is 16.5. The summed E-state index contributed by atoms with van der Waals surface area (Å²) in [6.45, 7) is 6.24. The Hall–Kier alpha value is -2.58. The van der Waals surface area contributed by atoms with Crippen LogP contribution in [-0.2, 0) is 25.5 Å². The maximum absolute atomic E-state index is 14.2. The van der Waals surface area contributed by atoms with E-state index in [-0.39, 0.29) is 23.2 Å². The van der Waals surface area contributed by atoms with E-state index in [0.29, 0.717) is 18.4 Å². The van der Waals surface area contributed by atoms with Crippen molar-refractivity contribution in [2.45, 2.75) is 52.9 Å². The molecule has 1 aliphatic rings. The Balaban J connectivity index is 2.05. The number of esters is 2. The third kappa shape index (κ3) is 5.47. The average Bonchev–Trinajstić information content (AvgIpc) is 2.60. The van der Waals surface area contributed by atoms with E-state index in [4.69, 9.17) is 14.1 Å². The predicted octanol–water partition coefficient (Wildman–Crippen LogP) is 2.33. The Morgan fingerprint density at radius 1 is 1.29 bits per heavy atom. The summed E-state index contributed by atoms with van der Waals surface area (Å²) in [7, 11) is 1.35. The second kappa shape index (κ2) is 9.08. The molecule has 0 bridgehead atoms. The lowest BCUT2D eigenvalue weighted by atomic mass is 9.79. The Bertz CT molecular complexity index is 762. The van der Waals surface area contributed by atoms with Crippen LogP contribution < -0.4 is 9.97 Å². The number of carbonyl (C=O) groups excluding carboxylic acids is 3. The maximum Gasteiger partial charge on any atom is 0.394 e. The first-order valence-corrected chi connectivity index (χ1v) is 9.08. The number of rotatable bonds is 6. The fraction of sp³-hybridized carbons (Fsp3) is 0.526. The highest BCUT2D eigenvalue weighted by atomic mass is 19.1. The van der Waals surface area contributed by atoms with E-state index in [0.717, 1.165) is 12.5 Å². The molecule has 0 saturated heterocycles. The molecule has 2 rings (SSSR count). The van der Waals surface area contributed by atoms with E-state index in [2.05, 4.69) is 5.32 Å². The molecule has 7 nitrogen and oxygen atoms in total. The summed E-state index contributed by atoms with van der Waals surface area (Å²) in [6, 6.07) is 2.63. The van der Waals surface area contributed by atoms with Crippen molar-refractivity contribution in [1.82, 2.24) is 5.32 Å². The normalized spacial score (nSPS) is 15.5. The number of hydrogen-bond donors (Lipinski definition) is 1. The number of benzene rings is 1. The molecule has 1 radical (unpaired) electrons. The van der Waals surface area contributed by atoms with Gasteiger partial charge in [0.05, 0.1) is 5.41 Å². The molecule has 0 saturated carbocycles. The van der Waals surface area contributed by atoms with Gasteiger partial charge in [0.25, 0.3) is 0 Å². The lowest BCUT2D eigenvalue weighted by Crippen LogP contribution is -2.45. The Labute approximate surface area is 164 Å². The molecule has 1 amide bonds. The second-order valence-electron chi connectivity index (χ2n) is 7.52. The van der Waals surface area contributed by atoms with E-state index in [9.17, 15) is 18.8 Å². The number of carbonyl (C=O) groups is 3. The number of amides is 1. The quantitative estimate of drug-likeness (QED) is 0.454. The second-order valence-corrected chi connectivity index (χ2v) is 7.52. The van der Waals surface area contributed by atoms with Crippen LogP contribution in [0.5, 0.6) is 5.75 Å². The molecule has 1 aromatic rings. The topological polar surface area (TPSA) is 90.9 Å². The van der Waals surface area contributed by atoms with Crippen molar-refractivity contribution in [2.75, 3.05) is 6.79 Å². The standard InChI is InChI=1S/C19H24BFNO6/c1-5-6-14(23)22-13-9-11-7-8-12(21)15(16(11)28-20-13)17(24)26-10-27-18(25)19(2,3)4/h7-8,13H,5-6,9-10H2,1-4H3,(H,22,23). The van der Waals surface area contributed by atoms with Gasteiger partial charge in [0.1, 0.15) is 17.1 Å². The number of hydrogen-bond acceptors (Lipinski definition) is 6. The lowest BCUT2D eigenvalue weighted by Gasteiger charge is -2.26. The van der Waals surface area contributed by atoms with Crippen LogP contribution in [0.1, 0.15) is 56.5 Å². The summed E-state index contributed by atoms with van der Waals surface area (Å²) in [5.74, 6) is -2.82. The van der Waals surface area contributed by atoms with Gasteiger partial charge in [-0.15, -0.1) is 0 Å². The van der Waals surface area contributed by atoms with Crippen LogP contribution in [0.3, 0.4) is 0 Å². The molecule has 1 aliphatic heterocycles. The highest BCUT2D eigenvalue weighted by Gasteiger charge is 2.30. The van der Waals surface area contributed by atoms with Crippen molar-refractivity contribution >= 4 is 25.3 Å². The van der Waals surface area contributed by atoms with Crippen molar-refractivity contribution in [2.24, 2.45) is 5.41 Å². The van der Waals surface area contributed by atoms with Gasteiger partial charge in [0.15, 0.2) is 0 Å². The molecular formula is C19H24BFNO6. The molecule has 1 unspecified atom stereocenters. The highest BCUT2D eigenvalue weighted by Crippen LogP contribution is 2.31. The van der Waals surface area contributed by atoms with Crippen LogP contribution in [0.2, 0.25) is 0 Å². The molecule has 0 aromatic heterocycles. The molecule has 1 heterocycles.